The largest absolute Gasteiger partial charge is 0.456 e. The number of nitrogens with zero attached hydrogens (tertiary/aromatic N) is 6. The summed E-state index contributed by atoms with van der Waals surface area (Å²) in [6.45, 7) is 0. The summed E-state index contributed by atoms with van der Waals surface area (Å²) in [5, 5.41) is 8.88. The molecule has 0 saturated carbocycles. The molecule has 15 aromatic rings. The molecular weight excluding hydrogens is 857 g/mol. The monoisotopic (exact) mass is 894 g/mol. The molecule has 10 aromatic carbocycles. The molecule has 0 aliphatic carbocycles. The molecule has 0 spiro atoms. The molecule has 0 atom stereocenters. The highest BCUT2D eigenvalue weighted by molar-refractivity contribution is 6.24. The Kier molecular flexibility index (Phi) is 8.23. The maximum atomic E-state index is 6.43. The maximum absolute atomic E-state index is 6.43. The molecule has 0 amide bonds. The fourth-order valence-electron chi connectivity index (χ4n) is 11.1. The molecule has 0 bridgehead atoms. The van der Waals surface area contributed by atoms with Gasteiger partial charge in [0.15, 0.2) is 11.6 Å². The van der Waals surface area contributed by atoms with E-state index in [1.807, 2.05) is 48.5 Å². The topological polar surface area (TPSA) is 66.6 Å². The number of furan rings is 1. The summed E-state index contributed by atoms with van der Waals surface area (Å²) in [7, 11) is 0. The fourth-order valence-corrected chi connectivity index (χ4v) is 11.1. The molecule has 7 nitrogen and oxygen atoms in total. The minimum atomic E-state index is 0.516. The van der Waals surface area contributed by atoms with Crippen LogP contribution in [0.1, 0.15) is 0 Å². The van der Waals surface area contributed by atoms with E-state index < -0.39 is 0 Å². The summed E-state index contributed by atoms with van der Waals surface area (Å²) in [5.41, 5.74) is 14.3. The first kappa shape index (κ1) is 38.5. The van der Waals surface area contributed by atoms with Gasteiger partial charge < -0.3 is 13.6 Å². The smallest absolute Gasteiger partial charge is 0.238 e. The number of fused-ring (bicyclic) bond motifs is 13. The molecule has 15 rings (SSSR count). The van der Waals surface area contributed by atoms with E-state index in [2.05, 4.69) is 196 Å². The predicted molar refractivity (Wildman–Crippen MR) is 286 cm³/mol. The molecule has 5 aromatic heterocycles. The Morgan fingerprint density at radius 1 is 0.300 bits per heavy atom. The first-order valence-corrected chi connectivity index (χ1v) is 23.6. The molecule has 326 valence electrons. The van der Waals surface area contributed by atoms with Gasteiger partial charge in [0.05, 0.1) is 33.1 Å². The van der Waals surface area contributed by atoms with Gasteiger partial charge in [-0.1, -0.05) is 170 Å². The molecule has 70 heavy (non-hydrogen) atoms. The Morgan fingerprint density at radius 2 is 0.814 bits per heavy atom. The lowest BCUT2D eigenvalue weighted by atomic mass is 10.1. The SMILES string of the molecule is c1ccc(-c2ccc(-n3c4ccccc4c4ccc5c6cc(-n7c8ccccc8c8ccccc87)ccc6n(-c6nc(-c7ccccc7)nc(-c7cccc8oc9ccccc9c78)n6)c5c43)cc2)cc1. The zero-order valence-electron chi connectivity index (χ0n) is 37.5. The number of para-hydroxylation sites is 4. The normalized spacial score (nSPS) is 12.0. The van der Waals surface area contributed by atoms with E-state index in [9.17, 15) is 0 Å². The van der Waals surface area contributed by atoms with E-state index in [1.165, 1.54) is 16.3 Å². The third kappa shape index (κ3) is 5.66. The van der Waals surface area contributed by atoms with Crippen LogP contribution < -0.4 is 0 Å². The van der Waals surface area contributed by atoms with Gasteiger partial charge in [0.25, 0.3) is 0 Å². The van der Waals surface area contributed by atoms with Crippen molar-refractivity contribution in [1.82, 2.24) is 28.7 Å². The molecule has 0 aliphatic rings. The van der Waals surface area contributed by atoms with Gasteiger partial charge >= 0.3 is 0 Å². The van der Waals surface area contributed by atoms with Crippen molar-refractivity contribution in [3.63, 3.8) is 0 Å². The Bertz CT molecular complexity index is 4530. The van der Waals surface area contributed by atoms with Gasteiger partial charge in [-0.3, -0.25) is 4.57 Å². The second-order valence-corrected chi connectivity index (χ2v) is 18.0. The average molecular weight is 895 g/mol. The van der Waals surface area contributed by atoms with Gasteiger partial charge in [0.1, 0.15) is 11.2 Å². The summed E-state index contributed by atoms with van der Waals surface area (Å²) in [6, 6.07) is 81.5. The lowest BCUT2D eigenvalue weighted by Crippen LogP contribution is -2.07. The molecule has 7 heteroatoms. The van der Waals surface area contributed by atoms with Crippen molar-refractivity contribution in [3.8, 4) is 51.2 Å². The second kappa shape index (κ2) is 15.0. The highest BCUT2D eigenvalue weighted by Crippen LogP contribution is 2.44. The van der Waals surface area contributed by atoms with E-state index >= 15 is 0 Å². The predicted octanol–water partition coefficient (Wildman–Crippen LogP) is 16.1. The summed E-state index contributed by atoms with van der Waals surface area (Å²) in [4.78, 5) is 16.3. The van der Waals surface area contributed by atoms with Crippen LogP contribution in [-0.4, -0.2) is 28.7 Å². The number of rotatable bonds is 6. The highest BCUT2D eigenvalue weighted by Gasteiger charge is 2.25. The highest BCUT2D eigenvalue weighted by atomic mass is 16.3. The molecule has 0 saturated heterocycles. The van der Waals surface area contributed by atoms with Crippen LogP contribution in [0.4, 0.5) is 0 Å². The van der Waals surface area contributed by atoms with Gasteiger partial charge in [-0.15, -0.1) is 0 Å². The van der Waals surface area contributed by atoms with E-state index in [0.29, 0.717) is 17.6 Å². The van der Waals surface area contributed by atoms with Crippen LogP contribution in [0.25, 0.3) is 139 Å². The minimum absolute atomic E-state index is 0.516. The standard InChI is InChI=1S/C63H38N6O/c1-3-16-39(17-4-1)40-30-32-42(33-31-40)68-54-27-13-9-22-46(54)47-35-36-48-51-38-43(67-52-25-11-7-20-44(52)45-21-8-12-26-53(45)67)34-37-55(51)69(60(48)59(47)68)63-65-61(41-18-5-2-6-19-41)64-62(66-63)50-24-15-29-57-58(50)49-23-10-14-28-56(49)70-57/h1-38H. The van der Waals surface area contributed by atoms with E-state index in [-0.39, 0.29) is 0 Å². The van der Waals surface area contributed by atoms with Crippen molar-refractivity contribution in [2.75, 3.05) is 0 Å². The molecule has 0 aliphatic heterocycles. The number of hydrogen-bond donors (Lipinski definition) is 0. The Labute approximate surface area is 400 Å². The van der Waals surface area contributed by atoms with Crippen molar-refractivity contribution in [2.45, 2.75) is 0 Å². The van der Waals surface area contributed by atoms with Crippen molar-refractivity contribution < 1.29 is 4.42 Å². The zero-order chi connectivity index (χ0) is 45.9. The third-order valence-corrected chi connectivity index (χ3v) is 14.1. The van der Waals surface area contributed by atoms with Gasteiger partial charge in [-0.25, -0.2) is 4.98 Å². The van der Waals surface area contributed by atoms with Gasteiger partial charge in [-0.2, -0.15) is 9.97 Å². The minimum Gasteiger partial charge on any atom is -0.456 e. The molecule has 0 radical (unpaired) electrons. The Hall–Kier alpha value is -9.59. The first-order chi connectivity index (χ1) is 34.7. The summed E-state index contributed by atoms with van der Waals surface area (Å²) >= 11 is 0. The van der Waals surface area contributed by atoms with Crippen LogP contribution in [0, 0.1) is 0 Å². The van der Waals surface area contributed by atoms with Crippen molar-refractivity contribution in [2.24, 2.45) is 0 Å². The van der Waals surface area contributed by atoms with E-state index in [1.54, 1.807) is 0 Å². The quantitative estimate of drug-likeness (QED) is 0.167. The molecule has 5 heterocycles. The van der Waals surface area contributed by atoms with Crippen LogP contribution in [0.3, 0.4) is 0 Å². The molecule has 0 fully saturated rings. The maximum Gasteiger partial charge on any atom is 0.238 e. The summed E-state index contributed by atoms with van der Waals surface area (Å²) in [6.07, 6.45) is 0. The van der Waals surface area contributed by atoms with Crippen LogP contribution >= 0.6 is 0 Å². The van der Waals surface area contributed by atoms with Gasteiger partial charge in [0.2, 0.25) is 5.95 Å². The number of benzene rings is 10. The fraction of sp³-hybridized carbons (Fsp3) is 0. The molecule has 0 N–H and O–H groups in total. The average Bonchev–Trinajstić information content (AvgIpc) is 4.18. The zero-order valence-corrected chi connectivity index (χ0v) is 37.5. The van der Waals surface area contributed by atoms with Crippen molar-refractivity contribution in [1.29, 1.82) is 0 Å². The lowest BCUT2D eigenvalue weighted by Gasteiger charge is -2.14. The number of aromatic nitrogens is 6. The van der Waals surface area contributed by atoms with Crippen LogP contribution in [0.2, 0.25) is 0 Å². The van der Waals surface area contributed by atoms with Crippen LogP contribution in [0.5, 0.6) is 0 Å². The van der Waals surface area contributed by atoms with E-state index in [0.717, 1.165) is 105 Å². The third-order valence-electron chi connectivity index (χ3n) is 14.1. The molecule has 0 unspecified atom stereocenters. The van der Waals surface area contributed by atoms with Gasteiger partial charge in [-0.05, 0) is 71.8 Å². The first-order valence-electron chi connectivity index (χ1n) is 23.6. The Morgan fingerprint density at radius 3 is 1.53 bits per heavy atom. The summed E-state index contributed by atoms with van der Waals surface area (Å²) in [5.74, 6) is 1.65. The Balaban J connectivity index is 1.08. The molecular formula is C63H38N6O. The van der Waals surface area contributed by atoms with Crippen molar-refractivity contribution >= 4 is 87.4 Å². The van der Waals surface area contributed by atoms with Gasteiger partial charge in [0, 0.05) is 65.6 Å². The van der Waals surface area contributed by atoms with Crippen molar-refractivity contribution in [3.05, 3.63) is 231 Å². The van der Waals surface area contributed by atoms with Crippen LogP contribution in [0.15, 0.2) is 235 Å². The van der Waals surface area contributed by atoms with E-state index in [4.69, 9.17) is 19.4 Å². The number of hydrogen-bond acceptors (Lipinski definition) is 4. The lowest BCUT2D eigenvalue weighted by molar-refractivity contribution is 0.669. The summed E-state index contributed by atoms with van der Waals surface area (Å²) < 4.78 is 13.5. The second-order valence-electron chi connectivity index (χ2n) is 18.0. The van der Waals surface area contributed by atoms with Crippen LogP contribution in [-0.2, 0) is 0 Å².